The lowest BCUT2D eigenvalue weighted by atomic mass is 10.1. The van der Waals surface area contributed by atoms with Gasteiger partial charge in [0.2, 0.25) is 0 Å². The lowest BCUT2D eigenvalue weighted by Crippen LogP contribution is -1.85. The second kappa shape index (κ2) is 5.09. The van der Waals surface area contributed by atoms with E-state index < -0.39 is 0 Å². The molecule has 0 unspecified atom stereocenters. The van der Waals surface area contributed by atoms with Crippen molar-refractivity contribution < 1.29 is 0 Å². The maximum absolute atomic E-state index is 5.87. The molecule has 0 spiro atoms. The second-order valence-corrected chi connectivity index (χ2v) is 4.02. The smallest absolute Gasteiger partial charge is 0.0778 e. The topological polar surface area (TPSA) is 0 Å². The zero-order chi connectivity index (χ0) is 9.84. The van der Waals surface area contributed by atoms with Gasteiger partial charge in [0, 0.05) is 0 Å². The van der Waals surface area contributed by atoms with Crippen LogP contribution in [-0.2, 0) is 6.42 Å². The van der Waals surface area contributed by atoms with Crippen LogP contribution in [0.3, 0.4) is 0 Å². The summed E-state index contributed by atoms with van der Waals surface area (Å²) in [6.07, 6.45) is 2.90. The third kappa shape index (κ3) is 3.05. The van der Waals surface area contributed by atoms with Gasteiger partial charge in [0.1, 0.15) is 0 Å². The molecule has 0 saturated heterocycles. The second-order valence-electron chi connectivity index (χ2n) is 2.83. The summed E-state index contributed by atoms with van der Waals surface area (Å²) in [4.78, 5) is 0. The molecule has 0 aliphatic heterocycles. The number of benzene rings is 1. The van der Waals surface area contributed by atoms with Crippen LogP contribution in [-0.4, -0.2) is 0 Å². The van der Waals surface area contributed by atoms with Gasteiger partial charge in [0.05, 0.1) is 15.1 Å². The number of unbranched alkanes of at least 4 members (excludes halogenated alkanes) is 1. The molecule has 1 aromatic rings. The fourth-order valence-corrected chi connectivity index (χ4v) is 1.72. The average molecular weight is 237 g/mol. The first-order chi connectivity index (χ1) is 6.15. The van der Waals surface area contributed by atoms with Crippen molar-refractivity contribution in [2.45, 2.75) is 19.3 Å². The number of hydrogen-bond acceptors (Lipinski definition) is 0. The monoisotopic (exact) mass is 235 g/mol. The average Bonchev–Trinajstić information content (AvgIpc) is 2.10. The molecule has 0 aliphatic rings. The van der Waals surface area contributed by atoms with E-state index >= 15 is 0 Å². The largest absolute Gasteiger partial charge is 0.0826 e. The standard InChI is InChI=1S/C10H10Cl3/c1-2-3-4-7-5-8(11)10(13)9(12)6-7/h5-6H,1-4H2. The molecule has 0 N–H and O–H groups in total. The van der Waals surface area contributed by atoms with Crippen molar-refractivity contribution in [1.29, 1.82) is 0 Å². The van der Waals surface area contributed by atoms with Gasteiger partial charge in [-0.1, -0.05) is 48.1 Å². The summed E-state index contributed by atoms with van der Waals surface area (Å²) in [6.45, 7) is 3.77. The van der Waals surface area contributed by atoms with E-state index in [2.05, 4.69) is 6.92 Å². The van der Waals surface area contributed by atoms with Crippen LogP contribution in [0.25, 0.3) is 0 Å². The highest BCUT2D eigenvalue weighted by atomic mass is 35.5. The molecule has 71 valence electrons. The lowest BCUT2D eigenvalue weighted by Gasteiger charge is -2.04. The van der Waals surface area contributed by atoms with E-state index in [-0.39, 0.29) is 0 Å². The Bertz CT molecular complexity index is 271. The van der Waals surface area contributed by atoms with E-state index in [9.17, 15) is 0 Å². The summed E-state index contributed by atoms with van der Waals surface area (Å²) < 4.78 is 0. The predicted octanol–water partition coefficient (Wildman–Crippen LogP) is 4.80. The maximum Gasteiger partial charge on any atom is 0.0778 e. The first-order valence-corrected chi connectivity index (χ1v) is 5.21. The fraction of sp³-hybridized carbons (Fsp3) is 0.300. The van der Waals surface area contributed by atoms with E-state index in [1.165, 1.54) is 0 Å². The number of halogens is 3. The van der Waals surface area contributed by atoms with Crippen LogP contribution < -0.4 is 0 Å². The molecular formula is C10H10Cl3. The predicted molar refractivity (Wildman–Crippen MR) is 59.8 cm³/mol. The van der Waals surface area contributed by atoms with E-state index in [0.29, 0.717) is 15.1 Å². The summed E-state index contributed by atoms with van der Waals surface area (Å²) >= 11 is 17.5. The maximum atomic E-state index is 5.87. The van der Waals surface area contributed by atoms with E-state index in [4.69, 9.17) is 34.8 Å². The van der Waals surface area contributed by atoms with Crippen molar-refractivity contribution in [3.8, 4) is 0 Å². The molecule has 0 heterocycles. The Labute approximate surface area is 93.8 Å². The highest BCUT2D eigenvalue weighted by molar-refractivity contribution is 6.48. The van der Waals surface area contributed by atoms with Crippen molar-refractivity contribution in [2.24, 2.45) is 0 Å². The molecule has 0 fully saturated rings. The minimum absolute atomic E-state index is 0.432. The SMILES string of the molecule is [CH2]CCCc1cc(Cl)c(Cl)c(Cl)c1. The molecule has 1 aromatic carbocycles. The van der Waals surface area contributed by atoms with Crippen molar-refractivity contribution in [3.05, 3.63) is 39.7 Å². The van der Waals surface area contributed by atoms with Crippen LogP contribution >= 0.6 is 34.8 Å². The van der Waals surface area contributed by atoms with Gasteiger partial charge >= 0.3 is 0 Å². The first-order valence-electron chi connectivity index (χ1n) is 4.08. The Morgan fingerprint density at radius 3 is 2.08 bits per heavy atom. The minimum Gasteiger partial charge on any atom is -0.0826 e. The molecule has 0 bridgehead atoms. The Morgan fingerprint density at radius 1 is 1.08 bits per heavy atom. The summed E-state index contributed by atoms with van der Waals surface area (Å²) in [6, 6.07) is 3.71. The number of hydrogen-bond donors (Lipinski definition) is 0. The van der Waals surface area contributed by atoms with Gasteiger partial charge in [-0.15, -0.1) is 0 Å². The molecule has 1 radical (unpaired) electrons. The van der Waals surface area contributed by atoms with Gasteiger partial charge in [-0.05, 0) is 30.5 Å². The third-order valence-electron chi connectivity index (χ3n) is 1.76. The summed E-state index contributed by atoms with van der Waals surface area (Å²) in [5.74, 6) is 0. The molecule has 1 rings (SSSR count). The summed E-state index contributed by atoms with van der Waals surface area (Å²) in [5.41, 5.74) is 1.11. The highest BCUT2D eigenvalue weighted by Crippen LogP contribution is 2.31. The van der Waals surface area contributed by atoms with Crippen LogP contribution in [0.15, 0.2) is 12.1 Å². The Hall–Kier alpha value is 0.0900. The molecule has 3 heteroatoms. The quantitative estimate of drug-likeness (QED) is 0.661. The Kier molecular flexibility index (Phi) is 4.37. The van der Waals surface area contributed by atoms with Crippen LogP contribution in [0.2, 0.25) is 15.1 Å². The molecule has 0 nitrogen and oxygen atoms in total. The molecule has 0 amide bonds. The molecule has 0 saturated carbocycles. The van der Waals surface area contributed by atoms with Crippen molar-refractivity contribution in [1.82, 2.24) is 0 Å². The normalized spacial score (nSPS) is 10.5. The zero-order valence-corrected chi connectivity index (χ0v) is 9.38. The summed E-state index contributed by atoms with van der Waals surface area (Å²) in [7, 11) is 0. The van der Waals surface area contributed by atoms with E-state index in [0.717, 1.165) is 24.8 Å². The molecular weight excluding hydrogens is 226 g/mol. The molecule has 13 heavy (non-hydrogen) atoms. The van der Waals surface area contributed by atoms with Gasteiger partial charge in [0.15, 0.2) is 0 Å². The van der Waals surface area contributed by atoms with Gasteiger partial charge < -0.3 is 0 Å². The molecule has 0 aliphatic carbocycles. The van der Waals surface area contributed by atoms with Gasteiger partial charge in [0.25, 0.3) is 0 Å². The van der Waals surface area contributed by atoms with Crippen LogP contribution in [0.4, 0.5) is 0 Å². The molecule has 0 aromatic heterocycles. The first kappa shape index (κ1) is 11.2. The Balaban J connectivity index is 2.86. The summed E-state index contributed by atoms with van der Waals surface area (Å²) in [5, 5.41) is 1.48. The van der Waals surface area contributed by atoms with E-state index in [1.807, 2.05) is 12.1 Å². The van der Waals surface area contributed by atoms with Gasteiger partial charge in [-0.3, -0.25) is 0 Å². The van der Waals surface area contributed by atoms with E-state index in [1.54, 1.807) is 0 Å². The minimum atomic E-state index is 0.432. The number of aryl methyl sites for hydroxylation is 1. The van der Waals surface area contributed by atoms with Gasteiger partial charge in [-0.25, -0.2) is 0 Å². The van der Waals surface area contributed by atoms with Crippen molar-refractivity contribution >= 4 is 34.8 Å². The number of rotatable bonds is 3. The van der Waals surface area contributed by atoms with Gasteiger partial charge in [-0.2, -0.15) is 0 Å². The fourth-order valence-electron chi connectivity index (χ4n) is 1.08. The molecule has 0 atom stereocenters. The van der Waals surface area contributed by atoms with Crippen LogP contribution in [0, 0.1) is 6.92 Å². The lowest BCUT2D eigenvalue weighted by molar-refractivity contribution is 0.841. The highest BCUT2D eigenvalue weighted by Gasteiger charge is 2.05. The zero-order valence-electron chi connectivity index (χ0n) is 7.12. The van der Waals surface area contributed by atoms with Crippen LogP contribution in [0.5, 0.6) is 0 Å². The van der Waals surface area contributed by atoms with Crippen molar-refractivity contribution in [3.63, 3.8) is 0 Å². The Morgan fingerprint density at radius 2 is 1.62 bits per heavy atom. The third-order valence-corrected chi connectivity index (χ3v) is 2.96. The van der Waals surface area contributed by atoms with Crippen molar-refractivity contribution in [2.75, 3.05) is 0 Å². The van der Waals surface area contributed by atoms with Crippen LogP contribution in [0.1, 0.15) is 18.4 Å².